The van der Waals surface area contributed by atoms with E-state index in [0.29, 0.717) is 5.82 Å². The van der Waals surface area contributed by atoms with Gasteiger partial charge in [0.2, 0.25) is 0 Å². The van der Waals surface area contributed by atoms with Crippen molar-refractivity contribution in [1.29, 1.82) is 0 Å². The third-order valence-electron chi connectivity index (χ3n) is 4.44. The van der Waals surface area contributed by atoms with Crippen LogP contribution in [0.4, 0.5) is 11.5 Å². The number of morpholine rings is 1. The minimum atomic E-state index is 0.694. The van der Waals surface area contributed by atoms with Crippen molar-refractivity contribution in [1.82, 2.24) is 29.4 Å². The van der Waals surface area contributed by atoms with Gasteiger partial charge in [-0.15, -0.1) is 0 Å². The highest BCUT2D eigenvalue weighted by Gasteiger charge is 2.16. The van der Waals surface area contributed by atoms with Crippen LogP contribution in [-0.2, 0) is 11.3 Å². The molecule has 0 bridgehead atoms. The van der Waals surface area contributed by atoms with Crippen molar-refractivity contribution >= 4 is 44.3 Å². The zero-order chi connectivity index (χ0) is 17.3. The lowest BCUT2D eigenvalue weighted by Gasteiger charge is -2.25. The zero-order valence-electron chi connectivity index (χ0n) is 14.0. The molecule has 132 valence electrons. The van der Waals surface area contributed by atoms with Gasteiger partial charge in [-0.05, 0) is 29.7 Å². The van der Waals surface area contributed by atoms with E-state index in [4.69, 9.17) is 4.74 Å². The molecule has 5 rings (SSSR count). The molecule has 2 N–H and O–H groups in total. The number of hydrogen-bond acceptors (Lipinski definition) is 8. The average Bonchev–Trinajstić information content (AvgIpc) is 3.27. The molecule has 1 saturated heterocycles. The molecule has 1 aliphatic heterocycles. The lowest BCUT2D eigenvalue weighted by Crippen LogP contribution is -2.35. The van der Waals surface area contributed by atoms with Crippen LogP contribution in [0.25, 0.3) is 21.3 Å². The van der Waals surface area contributed by atoms with Gasteiger partial charge < -0.3 is 10.1 Å². The first-order valence-electron chi connectivity index (χ1n) is 8.47. The molecule has 0 atom stereocenters. The summed E-state index contributed by atoms with van der Waals surface area (Å²) in [5.74, 6) is 0.694. The lowest BCUT2D eigenvalue weighted by atomic mass is 10.2. The van der Waals surface area contributed by atoms with E-state index in [1.165, 1.54) is 11.5 Å². The minimum absolute atomic E-state index is 0.694. The first kappa shape index (κ1) is 15.6. The molecule has 1 aliphatic rings. The molecule has 0 radical (unpaired) electrons. The summed E-state index contributed by atoms with van der Waals surface area (Å²) in [6.45, 7) is 4.28. The summed E-state index contributed by atoms with van der Waals surface area (Å²) in [5, 5.41) is 10.6. The second-order valence-electron chi connectivity index (χ2n) is 6.19. The summed E-state index contributed by atoms with van der Waals surface area (Å²) < 4.78 is 11.1. The van der Waals surface area contributed by atoms with Gasteiger partial charge in [0.05, 0.1) is 41.0 Å². The van der Waals surface area contributed by atoms with Gasteiger partial charge in [0, 0.05) is 25.8 Å². The maximum absolute atomic E-state index is 5.41. The van der Waals surface area contributed by atoms with Gasteiger partial charge in [0.15, 0.2) is 5.82 Å². The summed E-state index contributed by atoms with van der Waals surface area (Å²) in [6, 6.07) is 5.89. The molecule has 0 saturated carbocycles. The monoisotopic (exact) mass is 367 g/mol. The molecule has 9 heteroatoms. The Bertz CT molecular complexity index is 1050. The predicted molar refractivity (Wildman–Crippen MR) is 101 cm³/mol. The van der Waals surface area contributed by atoms with Crippen LogP contribution < -0.4 is 5.32 Å². The Balaban J connectivity index is 1.40. The fourth-order valence-corrected chi connectivity index (χ4v) is 3.89. The molecular formula is C17H17N7OS. The van der Waals surface area contributed by atoms with Crippen LogP contribution in [0.15, 0.2) is 30.6 Å². The Kier molecular flexibility index (Phi) is 3.96. The topological polar surface area (TPSA) is 91.8 Å². The molecule has 1 fully saturated rings. The summed E-state index contributed by atoms with van der Waals surface area (Å²) in [7, 11) is 0. The zero-order valence-corrected chi connectivity index (χ0v) is 14.8. The predicted octanol–water partition coefficient (Wildman–Crippen LogP) is 2.54. The van der Waals surface area contributed by atoms with Crippen molar-refractivity contribution in [2.24, 2.45) is 0 Å². The van der Waals surface area contributed by atoms with Crippen molar-refractivity contribution in [3.05, 3.63) is 36.3 Å². The standard InChI is InChI=1S/C17H17N7OS/c1-2-12-16(18-3-1)17(22-21-12)20-11-8-14-15(19-9-11)13(23-26-14)10-24-4-6-25-7-5-24/h1-3,8-9H,4-7,10H2,(H2,20,21,22). The second-order valence-corrected chi connectivity index (χ2v) is 6.99. The number of hydrogen-bond donors (Lipinski definition) is 2. The maximum Gasteiger partial charge on any atom is 0.178 e. The number of H-pyrrole nitrogens is 1. The molecule has 5 heterocycles. The molecule has 0 amide bonds. The third-order valence-corrected chi connectivity index (χ3v) is 5.26. The lowest BCUT2D eigenvalue weighted by molar-refractivity contribution is 0.0339. The molecule has 8 nitrogen and oxygen atoms in total. The van der Waals surface area contributed by atoms with E-state index in [9.17, 15) is 0 Å². The Morgan fingerprint density at radius 2 is 2.15 bits per heavy atom. The summed E-state index contributed by atoms with van der Waals surface area (Å²) in [5.41, 5.74) is 4.58. The van der Waals surface area contributed by atoms with Crippen molar-refractivity contribution in [3.8, 4) is 0 Å². The van der Waals surface area contributed by atoms with E-state index >= 15 is 0 Å². The van der Waals surface area contributed by atoms with Gasteiger partial charge >= 0.3 is 0 Å². The van der Waals surface area contributed by atoms with Gasteiger partial charge in [-0.2, -0.15) is 9.47 Å². The number of nitrogens with one attached hydrogen (secondary N) is 2. The molecule has 4 aromatic rings. The van der Waals surface area contributed by atoms with E-state index in [-0.39, 0.29) is 0 Å². The first-order chi connectivity index (χ1) is 12.9. The van der Waals surface area contributed by atoms with E-state index in [1.807, 2.05) is 18.3 Å². The van der Waals surface area contributed by atoms with Crippen LogP contribution in [0, 0.1) is 0 Å². The van der Waals surface area contributed by atoms with E-state index in [2.05, 4.69) is 40.8 Å². The second kappa shape index (κ2) is 6.60. The third kappa shape index (κ3) is 2.90. The molecule has 4 aromatic heterocycles. The minimum Gasteiger partial charge on any atom is -0.379 e. The normalized spacial score (nSPS) is 15.7. The van der Waals surface area contributed by atoms with E-state index < -0.39 is 0 Å². The number of pyridine rings is 2. The van der Waals surface area contributed by atoms with Crippen LogP contribution in [0.5, 0.6) is 0 Å². The SMILES string of the molecule is c1cnc2c(Nc3cnc4c(CN5CCOCC5)nsc4c3)n[nH]c2c1. The van der Waals surface area contributed by atoms with Gasteiger partial charge in [-0.3, -0.25) is 20.0 Å². The summed E-state index contributed by atoms with van der Waals surface area (Å²) in [4.78, 5) is 11.4. The number of rotatable bonds is 4. The van der Waals surface area contributed by atoms with Gasteiger partial charge in [0.25, 0.3) is 0 Å². The smallest absolute Gasteiger partial charge is 0.178 e. The van der Waals surface area contributed by atoms with Crippen molar-refractivity contribution in [2.45, 2.75) is 6.54 Å². The van der Waals surface area contributed by atoms with Crippen LogP contribution in [0.3, 0.4) is 0 Å². The van der Waals surface area contributed by atoms with E-state index in [1.54, 1.807) is 6.20 Å². The molecule has 0 spiro atoms. The van der Waals surface area contributed by atoms with Crippen molar-refractivity contribution in [2.75, 3.05) is 31.6 Å². The Morgan fingerprint density at radius 1 is 1.23 bits per heavy atom. The molecule has 0 aromatic carbocycles. The van der Waals surface area contributed by atoms with Crippen molar-refractivity contribution < 1.29 is 4.74 Å². The highest BCUT2D eigenvalue weighted by atomic mass is 32.1. The molecule has 26 heavy (non-hydrogen) atoms. The molecule has 0 unspecified atom stereocenters. The quantitative estimate of drug-likeness (QED) is 0.573. The molecular weight excluding hydrogens is 350 g/mol. The van der Waals surface area contributed by atoms with Crippen LogP contribution in [0.2, 0.25) is 0 Å². The largest absolute Gasteiger partial charge is 0.379 e. The summed E-state index contributed by atoms with van der Waals surface area (Å²) in [6.07, 6.45) is 3.58. The number of anilines is 2. The number of fused-ring (bicyclic) bond motifs is 2. The van der Waals surface area contributed by atoms with Crippen LogP contribution >= 0.6 is 11.5 Å². The Labute approximate surface area is 153 Å². The number of nitrogens with zero attached hydrogens (tertiary/aromatic N) is 5. The Hall–Kier alpha value is -2.62. The summed E-state index contributed by atoms with van der Waals surface area (Å²) >= 11 is 1.48. The van der Waals surface area contributed by atoms with Crippen LogP contribution in [-0.4, -0.2) is 55.7 Å². The fraction of sp³-hybridized carbons (Fsp3) is 0.294. The average molecular weight is 367 g/mol. The maximum atomic E-state index is 5.41. The Morgan fingerprint density at radius 3 is 3.08 bits per heavy atom. The van der Waals surface area contributed by atoms with Gasteiger partial charge in [0.1, 0.15) is 11.0 Å². The van der Waals surface area contributed by atoms with Gasteiger partial charge in [-0.25, -0.2) is 0 Å². The number of aromatic nitrogens is 5. The molecule has 0 aliphatic carbocycles. The van der Waals surface area contributed by atoms with Crippen molar-refractivity contribution in [3.63, 3.8) is 0 Å². The van der Waals surface area contributed by atoms with Gasteiger partial charge in [-0.1, -0.05) is 0 Å². The van der Waals surface area contributed by atoms with E-state index in [0.717, 1.165) is 65.5 Å². The number of ether oxygens (including phenoxy) is 1. The highest BCUT2D eigenvalue weighted by Crippen LogP contribution is 2.27. The highest BCUT2D eigenvalue weighted by molar-refractivity contribution is 7.13. The van der Waals surface area contributed by atoms with Crippen LogP contribution in [0.1, 0.15) is 5.69 Å². The fourth-order valence-electron chi connectivity index (χ4n) is 3.10. The first-order valence-corrected chi connectivity index (χ1v) is 9.25. The number of aromatic amines is 1.